The standard InChI is InChI=1S/C15H26N6O4S/c1-11-17-14(19-18-11)12-3-5-20(6-4-12)15(22)16-9-13-10-21(7-8-25-13)26(2,23)24/h12-13H,3-10H2,1-2H3,(H,16,22)(H,17,18,19)/t13-/m0/s1. The molecule has 146 valence electrons. The van der Waals surface area contributed by atoms with Crippen molar-refractivity contribution in [2.75, 3.05) is 45.6 Å². The summed E-state index contributed by atoms with van der Waals surface area (Å²) < 4.78 is 30.2. The number of nitrogens with zero attached hydrogens (tertiary/aromatic N) is 4. The summed E-state index contributed by atoms with van der Waals surface area (Å²) in [5.74, 6) is 1.89. The zero-order chi connectivity index (χ0) is 18.7. The van der Waals surface area contributed by atoms with Crippen LogP contribution in [0.15, 0.2) is 0 Å². The number of aromatic amines is 1. The van der Waals surface area contributed by atoms with Gasteiger partial charge in [0.25, 0.3) is 0 Å². The number of carbonyl (C=O) groups excluding carboxylic acids is 1. The summed E-state index contributed by atoms with van der Waals surface area (Å²) in [5.41, 5.74) is 0. The average molecular weight is 386 g/mol. The molecule has 2 saturated heterocycles. The minimum atomic E-state index is -3.23. The van der Waals surface area contributed by atoms with E-state index in [1.807, 2.05) is 6.92 Å². The van der Waals surface area contributed by atoms with Crippen molar-refractivity contribution in [3.8, 4) is 0 Å². The average Bonchev–Trinajstić information content (AvgIpc) is 3.06. The van der Waals surface area contributed by atoms with Crippen LogP contribution >= 0.6 is 0 Å². The number of ether oxygens (including phenoxy) is 1. The maximum atomic E-state index is 12.4. The first-order chi connectivity index (χ1) is 12.3. The Balaban J connectivity index is 1.43. The van der Waals surface area contributed by atoms with Crippen molar-refractivity contribution < 1.29 is 17.9 Å². The monoisotopic (exact) mass is 386 g/mol. The van der Waals surface area contributed by atoms with E-state index in [4.69, 9.17) is 4.74 Å². The van der Waals surface area contributed by atoms with Crippen LogP contribution in [0.2, 0.25) is 0 Å². The van der Waals surface area contributed by atoms with Gasteiger partial charge in [0.2, 0.25) is 10.0 Å². The molecular weight excluding hydrogens is 360 g/mol. The minimum Gasteiger partial charge on any atom is -0.374 e. The number of carbonyl (C=O) groups is 1. The van der Waals surface area contributed by atoms with Crippen LogP contribution in [0.4, 0.5) is 4.79 Å². The number of aromatic nitrogens is 3. The number of urea groups is 1. The van der Waals surface area contributed by atoms with Gasteiger partial charge in [0, 0.05) is 38.6 Å². The molecule has 26 heavy (non-hydrogen) atoms. The molecule has 11 heteroatoms. The quantitative estimate of drug-likeness (QED) is 0.731. The van der Waals surface area contributed by atoms with Gasteiger partial charge in [-0.3, -0.25) is 5.10 Å². The fraction of sp³-hybridized carbons (Fsp3) is 0.800. The zero-order valence-electron chi connectivity index (χ0n) is 15.1. The molecule has 0 spiro atoms. The lowest BCUT2D eigenvalue weighted by molar-refractivity contribution is 0.000790. The van der Waals surface area contributed by atoms with E-state index < -0.39 is 10.0 Å². The number of likely N-dealkylation sites (tertiary alicyclic amines) is 1. The molecule has 0 aromatic carbocycles. The number of piperidine rings is 1. The summed E-state index contributed by atoms with van der Waals surface area (Å²) in [6.07, 6.45) is 2.52. The highest BCUT2D eigenvalue weighted by Gasteiger charge is 2.29. The molecule has 0 bridgehead atoms. The van der Waals surface area contributed by atoms with E-state index in [1.54, 1.807) is 4.90 Å². The second-order valence-electron chi connectivity index (χ2n) is 6.84. The second-order valence-corrected chi connectivity index (χ2v) is 8.82. The summed E-state index contributed by atoms with van der Waals surface area (Å²) in [7, 11) is -3.23. The molecule has 3 heterocycles. The number of amides is 2. The topological polar surface area (TPSA) is 121 Å². The van der Waals surface area contributed by atoms with E-state index in [-0.39, 0.29) is 24.6 Å². The van der Waals surface area contributed by atoms with Crippen molar-refractivity contribution in [2.24, 2.45) is 0 Å². The highest BCUT2D eigenvalue weighted by molar-refractivity contribution is 7.88. The molecule has 2 N–H and O–H groups in total. The number of nitrogens with one attached hydrogen (secondary N) is 2. The van der Waals surface area contributed by atoms with Crippen LogP contribution in [-0.2, 0) is 14.8 Å². The van der Waals surface area contributed by atoms with E-state index in [0.717, 1.165) is 24.5 Å². The largest absolute Gasteiger partial charge is 0.374 e. The van der Waals surface area contributed by atoms with E-state index in [1.165, 1.54) is 10.6 Å². The van der Waals surface area contributed by atoms with Crippen molar-refractivity contribution in [1.82, 2.24) is 29.7 Å². The molecule has 2 amide bonds. The van der Waals surface area contributed by atoms with E-state index in [2.05, 4.69) is 20.5 Å². The maximum Gasteiger partial charge on any atom is 0.317 e. The third-order valence-electron chi connectivity index (χ3n) is 4.81. The Labute approximate surface area is 153 Å². The zero-order valence-corrected chi connectivity index (χ0v) is 16.0. The van der Waals surface area contributed by atoms with Gasteiger partial charge in [-0.2, -0.15) is 9.40 Å². The normalized spacial score (nSPS) is 23.2. The van der Waals surface area contributed by atoms with Crippen LogP contribution in [0, 0.1) is 6.92 Å². The molecule has 1 aromatic rings. The van der Waals surface area contributed by atoms with Gasteiger partial charge in [0.1, 0.15) is 5.82 Å². The van der Waals surface area contributed by atoms with Crippen LogP contribution in [0.5, 0.6) is 0 Å². The van der Waals surface area contributed by atoms with Gasteiger partial charge in [-0.05, 0) is 19.8 Å². The third-order valence-corrected chi connectivity index (χ3v) is 6.08. The van der Waals surface area contributed by atoms with Crippen LogP contribution < -0.4 is 5.32 Å². The molecule has 0 aliphatic carbocycles. The number of hydrogen-bond acceptors (Lipinski definition) is 6. The third kappa shape index (κ3) is 4.71. The molecule has 1 aromatic heterocycles. The van der Waals surface area contributed by atoms with E-state index in [9.17, 15) is 13.2 Å². The lowest BCUT2D eigenvalue weighted by Crippen LogP contribution is -2.51. The molecule has 0 radical (unpaired) electrons. The van der Waals surface area contributed by atoms with Gasteiger partial charge in [-0.25, -0.2) is 18.2 Å². The summed E-state index contributed by atoms with van der Waals surface area (Å²) in [4.78, 5) is 18.5. The molecular formula is C15H26N6O4S. The van der Waals surface area contributed by atoms with Crippen molar-refractivity contribution in [3.63, 3.8) is 0 Å². The molecule has 2 fully saturated rings. The molecule has 2 aliphatic heterocycles. The first-order valence-corrected chi connectivity index (χ1v) is 10.7. The van der Waals surface area contributed by atoms with E-state index in [0.29, 0.717) is 32.8 Å². The number of aryl methyl sites for hydroxylation is 1. The minimum absolute atomic E-state index is 0.144. The predicted octanol–water partition coefficient (Wildman–Crippen LogP) is -0.337. The molecule has 0 saturated carbocycles. The Kier molecular flexibility index (Phi) is 5.78. The molecule has 0 unspecified atom stereocenters. The molecule has 10 nitrogen and oxygen atoms in total. The predicted molar refractivity (Wildman–Crippen MR) is 94.2 cm³/mol. The highest BCUT2D eigenvalue weighted by Crippen LogP contribution is 2.25. The highest BCUT2D eigenvalue weighted by atomic mass is 32.2. The van der Waals surface area contributed by atoms with Crippen LogP contribution in [0.3, 0.4) is 0 Å². The van der Waals surface area contributed by atoms with Crippen molar-refractivity contribution in [2.45, 2.75) is 31.8 Å². The SMILES string of the molecule is Cc1nc(C2CCN(C(=O)NC[C@H]3CN(S(C)(=O)=O)CCO3)CC2)n[nH]1. The molecule has 3 rings (SSSR count). The van der Waals surface area contributed by atoms with Crippen molar-refractivity contribution >= 4 is 16.1 Å². The maximum absolute atomic E-state index is 12.4. The van der Waals surface area contributed by atoms with Crippen molar-refractivity contribution in [1.29, 1.82) is 0 Å². The van der Waals surface area contributed by atoms with Gasteiger partial charge in [-0.15, -0.1) is 0 Å². The molecule has 2 aliphatic rings. The number of morpholine rings is 1. The van der Waals surface area contributed by atoms with Crippen LogP contribution in [0.1, 0.15) is 30.4 Å². The van der Waals surface area contributed by atoms with Crippen molar-refractivity contribution in [3.05, 3.63) is 11.6 Å². The van der Waals surface area contributed by atoms with Crippen LogP contribution in [0.25, 0.3) is 0 Å². The first-order valence-electron chi connectivity index (χ1n) is 8.81. The van der Waals surface area contributed by atoms with Gasteiger partial charge < -0.3 is 15.0 Å². The van der Waals surface area contributed by atoms with E-state index >= 15 is 0 Å². The summed E-state index contributed by atoms with van der Waals surface area (Å²) >= 11 is 0. The lowest BCUT2D eigenvalue weighted by atomic mass is 9.96. The van der Waals surface area contributed by atoms with Gasteiger partial charge in [0.05, 0.1) is 19.0 Å². The summed E-state index contributed by atoms with van der Waals surface area (Å²) in [5, 5.41) is 9.92. The number of rotatable bonds is 4. The van der Waals surface area contributed by atoms with Gasteiger partial charge in [0.15, 0.2) is 5.82 Å². The first kappa shape index (κ1) is 19.1. The Morgan fingerprint density at radius 1 is 1.35 bits per heavy atom. The fourth-order valence-electron chi connectivity index (χ4n) is 3.31. The Bertz CT molecular complexity index is 728. The fourth-order valence-corrected chi connectivity index (χ4v) is 4.16. The summed E-state index contributed by atoms with van der Waals surface area (Å²) in [6.45, 7) is 4.43. The number of hydrogen-bond donors (Lipinski definition) is 2. The second kappa shape index (κ2) is 7.89. The van der Waals surface area contributed by atoms with Gasteiger partial charge >= 0.3 is 6.03 Å². The number of sulfonamides is 1. The Morgan fingerprint density at radius 3 is 2.69 bits per heavy atom. The van der Waals surface area contributed by atoms with Crippen LogP contribution in [-0.4, -0.2) is 90.5 Å². The number of H-pyrrole nitrogens is 1. The lowest BCUT2D eigenvalue weighted by Gasteiger charge is -2.33. The molecule has 1 atom stereocenters. The summed E-state index contributed by atoms with van der Waals surface area (Å²) in [6, 6.07) is -0.144. The smallest absolute Gasteiger partial charge is 0.317 e. The Hall–Kier alpha value is -1.72. The van der Waals surface area contributed by atoms with Gasteiger partial charge in [-0.1, -0.05) is 0 Å². The Morgan fingerprint density at radius 2 is 2.08 bits per heavy atom.